The number of furan rings is 1. The molecule has 2 aromatic carbocycles. The molecule has 1 amide bonds. The molecule has 0 radical (unpaired) electrons. The predicted molar refractivity (Wildman–Crippen MR) is 93.8 cm³/mol. The summed E-state index contributed by atoms with van der Waals surface area (Å²) in [5.41, 5.74) is 1.01. The number of anilines is 1. The van der Waals surface area contributed by atoms with Crippen LogP contribution in [0, 0.1) is 5.82 Å². The zero-order valence-corrected chi connectivity index (χ0v) is 14.0. The fraction of sp³-hybridized carbons (Fsp3) is 0.100. The minimum Gasteiger partial charge on any atom is -0.486 e. The minimum absolute atomic E-state index is 0.0840. The third-order valence-electron chi connectivity index (χ3n) is 3.61. The van der Waals surface area contributed by atoms with Crippen LogP contribution in [-0.2, 0) is 6.61 Å². The van der Waals surface area contributed by atoms with Gasteiger partial charge in [0.25, 0.3) is 5.91 Å². The maximum atomic E-state index is 12.9. The van der Waals surface area contributed by atoms with Crippen molar-refractivity contribution in [2.45, 2.75) is 13.5 Å². The van der Waals surface area contributed by atoms with E-state index in [1.54, 1.807) is 30.3 Å². The van der Waals surface area contributed by atoms with Crippen LogP contribution in [-0.4, -0.2) is 11.7 Å². The van der Waals surface area contributed by atoms with Gasteiger partial charge in [-0.15, -0.1) is 0 Å². The molecule has 3 aromatic rings. The van der Waals surface area contributed by atoms with E-state index in [1.807, 2.05) is 0 Å². The van der Waals surface area contributed by atoms with E-state index in [9.17, 15) is 14.0 Å². The standard InChI is InChI=1S/C20H16FNO4/c1-13(23)14-3-2-4-16(11-14)22-20(24)19-10-9-18(26-19)12-25-17-7-5-15(21)6-8-17/h2-11H,12H2,1H3,(H,22,24). The van der Waals surface area contributed by atoms with E-state index in [2.05, 4.69) is 5.32 Å². The van der Waals surface area contributed by atoms with Gasteiger partial charge in [-0.25, -0.2) is 4.39 Å². The third-order valence-corrected chi connectivity index (χ3v) is 3.61. The van der Waals surface area contributed by atoms with Crippen LogP contribution < -0.4 is 10.1 Å². The van der Waals surface area contributed by atoms with Crippen molar-refractivity contribution in [2.24, 2.45) is 0 Å². The number of benzene rings is 2. The Kier molecular flexibility index (Phi) is 5.12. The number of ether oxygens (including phenoxy) is 1. The van der Waals surface area contributed by atoms with E-state index < -0.39 is 5.91 Å². The summed E-state index contributed by atoms with van der Waals surface area (Å²) in [6.45, 7) is 1.57. The topological polar surface area (TPSA) is 68.5 Å². The molecular formula is C20H16FNO4. The van der Waals surface area contributed by atoms with Gasteiger partial charge in [0.15, 0.2) is 11.5 Å². The number of carbonyl (C=O) groups is 2. The second kappa shape index (κ2) is 7.65. The van der Waals surface area contributed by atoms with Crippen LogP contribution in [0.1, 0.15) is 33.6 Å². The molecule has 0 saturated heterocycles. The van der Waals surface area contributed by atoms with Crippen molar-refractivity contribution in [3.05, 3.63) is 83.6 Å². The van der Waals surface area contributed by atoms with Crippen molar-refractivity contribution in [3.63, 3.8) is 0 Å². The third kappa shape index (κ3) is 4.36. The van der Waals surface area contributed by atoms with E-state index in [1.165, 1.54) is 37.3 Å². The van der Waals surface area contributed by atoms with Crippen LogP contribution in [0.15, 0.2) is 65.1 Å². The first-order valence-corrected chi connectivity index (χ1v) is 7.91. The van der Waals surface area contributed by atoms with Crippen LogP contribution in [0.2, 0.25) is 0 Å². The number of ketones is 1. The van der Waals surface area contributed by atoms with Crippen molar-refractivity contribution < 1.29 is 23.1 Å². The molecule has 1 heterocycles. The lowest BCUT2D eigenvalue weighted by atomic mass is 10.1. The van der Waals surface area contributed by atoms with Gasteiger partial charge in [0.2, 0.25) is 0 Å². The summed E-state index contributed by atoms with van der Waals surface area (Å²) in [5.74, 6) is 0.212. The number of amides is 1. The molecule has 0 aliphatic heterocycles. The zero-order valence-electron chi connectivity index (χ0n) is 14.0. The molecule has 1 N–H and O–H groups in total. The Morgan fingerprint density at radius 3 is 2.58 bits per heavy atom. The molecule has 5 nitrogen and oxygen atoms in total. The fourth-order valence-electron chi connectivity index (χ4n) is 2.27. The molecule has 0 bridgehead atoms. The molecule has 0 aliphatic rings. The zero-order chi connectivity index (χ0) is 18.5. The quantitative estimate of drug-likeness (QED) is 0.665. The summed E-state index contributed by atoms with van der Waals surface area (Å²) in [5, 5.41) is 2.68. The lowest BCUT2D eigenvalue weighted by Gasteiger charge is -2.05. The highest BCUT2D eigenvalue weighted by Crippen LogP contribution is 2.17. The Morgan fingerprint density at radius 2 is 1.85 bits per heavy atom. The van der Waals surface area contributed by atoms with Crippen molar-refractivity contribution in [1.82, 2.24) is 0 Å². The molecule has 1 aromatic heterocycles. The van der Waals surface area contributed by atoms with Gasteiger partial charge in [-0.3, -0.25) is 9.59 Å². The van der Waals surface area contributed by atoms with Gasteiger partial charge in [-0.2, -0.15) is 0 Å². The molecule has 3 rings (SSSR count). The smallest absolute Gasteiger partial charge is 0.291 e. The van der Waals surface area contributed by atoms with Gasteiger partial charge in [0.05, 0.1) is 0 Å². The first kappa shape index (κ1) is 17.4. The van der Waals surface area contributed by atoms with Crippen LogP contribution in [0.3, 0.4) is 0 Å². The van der Waals surface area contributed by atoms with Crippen LogP contribution in [0.5, 0.6) is 5.75 Å². The summed E-state index contributed by atoms with van der Waals surface area (Å²) in [7, 11) is 0. The monoisotopic (exact) mass is 353 g/mol. The Hall–Kier alpha value is -3.41. The van der Waals surface area contributed by atoms with Crippen LogP contribution >= 0.6 is 0 Å². The van der Waals surface area contributed by atoms with Crippen molar-refractivity contribution >= 4 is 17.4 Å². The second-order valence-corrected chi connectivity index (χ2v) is 5.60. The Bertz CT molecular complexity index is 931. The summed E-state index contributed by atoms with van der Waals surface area (Å²) in [6, 6.07) is 15.4. The molecule has 132 valence electrons. The molecule has 0 atom stereocenters. The first-order chi connectivity index (χ1) is 12.5. The highest BCUT2D eigenvalue weighted by Gasteiger charge is 2.12. The second-order valence-electron chi connectivity index (χ2n) is 5.60. The largest absolute Gasteiger partial charge is 0.486 e. The van der Waals surface area contributed by atoms with Crippen molar-refractivity contribution in [2.75, 3.05) is 5.32 Å². The Labute approximate surface area is 149 Å². The number of nitrogens with one attached hydrogen (secondary N) is 1. The Balaban J connectivity index is 1.61. The van der Waals surface area contributed by atoms with Gasteiger partial charge in [-0.05, 0) is 55.5 Å². The molecule has 0 unspecified atom stereocenters. The van der Waals surface area contributed by atoms with Gasteiger partial charge in [0.1, 0.15) is 23.9 Å². The normalized spacial score (nSPS) is 10.4. The summed E-state index contributed by atoms with van der Waals surface area (Å²) in [6.07, 6.45) is 0. The molecule has 0 aliphatic carbocycles. The van der Waals surface area contributed by atoms with E-state index in [0.29, 0.717) is 22.8 Å². The highest BCUT2D eigenvalue weighted by atomic mass is 19.1. The van der Waals surface area contributed by atoms with E-state index in [-0.39, 0.29) is 24.0 Å². The lowest BCUT2D eigenvalue weighted by molar-refractivity contribution is 0.0988. The van der Waals surface area contributed by atoms with Crippen LogP contribution in [0.4, 0.5) is 10.1 Å². The van der Waals surface area contributed by atoms with Crippen molar-refractivity contribution in [3.8, 4) is 5.75 Å². The Morgan fingerprint density at radius 1 is 1.08 bits per heavy atom. The van der Waals surface area contributed by atoms with E-state index in [4.69, 9.17) is 9.15 Å². The number of hydrogen-bond acceptors (Lipinski definition) is 4. The average molecular weight is 353 g/mol. The summed E-state index contributed by atoms with van der Waals surface area (Å²) >= 11 is 0. The van der Waals surface area contributed by atoms with E-state index >= 15 is 0 Å². The molecular weight excluding hydrogens is 337 g/mol. The SMILES string of the molecule is CC(=O)c1cccc(NC(=O)c2ccc(COc3ccc(F)cc3)o2)c1. The summed E-state index contributed by atoms with van der Waals surface area (Å²) < 4.78 is 23.8. The van der Waals surface area contributed by atoms with Gasteiger partial charge in [0, 0.05) is 11.3 Å². The van der Waals surface area contributed by atoms with Crippen molar-refractivity contribution in [1.29, 1.82) is 0 Å². The maximum Gasteiger partial charge on any atom is 0.291 e. The number of carbonyl (C=O) groups excluding carboxylic acids is 2. The predicted octanol–water partition coefficient (Wildman–Crippen LogP) is 4.45. The number of halogens is 1. The molecule has 0 saturated carbocycles. The molecule has 6 heteroatoms. The minimum atomic E-state index is -0.432. The number of Topliss-reactive ketones (excluding diaryl/α,β-unsaturated/α-hetero) is 1. The molecule has 0 spiro atoms. The van der Waals surface area contributed by atoms with Gasteiger partial charge >= 0.3 is 0 Å². The number of hydrogen-bond donors (Lipinski definition) is 1. The van der Waals surface area contributed by atoms with Crippen LogP contribution in [0.25, 0.3) is 0 Å². The average Bonchev–Trinajstić information content (AvgIpc) is 3.11. The van der Waals surface area contributed by atoms with E-state index in [0.717, 1.165) is 0 Å². The summed E-state index contributed by atoms with van der Waals surface area (Å²) in [4.78, 5) is 23.6. The first-order valence-electron chi connectivity index (χ1n) is 7.91. The number of rotatable bonds is 6. The van der Waals surface area contributed by atoms with Gasteiger partial charge in [-0.1, -0.05) is 12.1 Å². The lowest BCUT2D eigenvalue weighted by Crippen LogP contribution is -2.11. The fourth-order valence-corrected chi connectivity index (χ4v) is 2.27. The molecule has 26 heavy (non-hydrogen) atoms. The maximum absolute atomic E-state index is 12.9. The van der Waals surface area contributed by atoms with Gasteiger partial charge < -0.3 is 14.5 Å². The highest BCUT2D eigenvalue weighted by molar-refractivity contribution is 6.03. The molecule has 0 fully saturated rings.